The van der Waals surface area contributed by atoms with Crippen LogP contribution in [-0.2, 0) is 0 Å². The fraction of sp³-hybridized carbons (Fsp3) is 0.833. The predicted molar refractivity (Wildman–Crippen MR) is 38.8 cm³/mol. The third-order valence-corrected chi connectivity index (χ3v) is 1.28. The molecule has 0 saturated carbocycles. The van der Waals surface area contributed by atoms with Crippen LogP contribution in [0.15, 0.2) is 0 Å². The first-order chi connectivity index (χ1) is 5.11. The summed E-state index contributed by atoms with van der Waals surface area (Å²) >= 11 is 0. The molecule has 5 nitrogen and oxygen atoms in total. The van der Waals surface area contributed by atoms with Crippen molar-refractivity contribution in [1.29, 1.82) is 0 Å². The van der Waals surface area contributed by atoms with Crippen LogP contribution >= 0.6 is 0 Å². The molecule has 1 rings (SSSR count). The van der Waals surface area contributed by atoms with E-state index in [1.54, 1.807) is 6.92 Å². The molecule has 0 radical (unpaired) electrons. The Balaban J connectivity index is 2.82. The Hall–Kier alpha value is -0.970. The maximum absolute atomic E-state index is 9.04. The molecule has 0 aromatic carbocycles. The van der Waals surface area contributed by atoms with Crippen molar-refractivity contribution >= 4 is 0 Å². The summed E-state index contributed by atoms with van der Waals surface area (Å²) in [6.45, 7) is 5.52. The van der Waals surface area contributed by atoms with E-state index < -0.39 is 6.10 Å². The number of aliphatic hydroxyl groups is 1. The summed E-state index contributed by atoms with van der Waals surface area (Å²) in [4.78, 5) is 1.47. The van der Waals surface area contributed by atoms with Crippen molar-refractivity contribution < 1.29 is 5.11 Å². The number of hydrogen-bond acceptors (Lipinski definition) is 4. The van der Waals surface area contributed by atoms with Gasteiger partial charge in [-0.25, -0.2) is 0 Å². The van der Waals surface area contributed by atoms with Crippen LogP contribution < -0.4 is 0 Å². The molecule has 1 atom stereocenters. The molecule has 1 aromatic heterocycles. The lowest BCUT2D eigenvalue weighted by atomic mass is 10.4. The number of rotatable bonds is 2. The van der Waals surface area contributed by atoms with Gasteiger partial charge < -0.3 is 5.11 Å². The second-order valence-electron chi connectivity index (χ2n) is 2.74. The van der Waals surface area contributed by atoms with Crippen molar-refractivity contribution in [2.45, 2.75) is 32.9 Å². The highest BCUT2D eigenvalue weighted by atomic mass is 16.3. The van der Waals surface area contributed by atoms with Gasteiger partial charge in [0.25, 0.3) is 0 Å². The van der Waals surface area contributed by atoms with Crippen LogP contribution in [0, 0.1) is 0 Å². The van der Waals surface area contributed by atoms with Crippen LogP contribution in [0.3, 0.4) is 0 Å². The Bertz CT molecular complexity index is 208. The van der Waals surface area contributed by atoms with Crippen LogP contribution in [0.5, 0.6) is 0 Å². The minimum atomic E-state index is -0.637. The summed E-state index contributed by atoms with van der Waals surface area (Å²) in [5.74, 6) is 0.374. The maximum Gasteiger partial charge on any atom is 0.202 e. The van der Waals surface area contributed by atoms with Crippen molar-refractivity contribution in [3.63, 3.8) is 0 Å². The predicted octanol–water partition coefficient (Wildman–Crippen LogP) is 0.307. The summed E-state index contributed by atoms with van der Waals surface area (Å²) in [5.41, 5.74) is 0. The third-order valence-electron chi connectivity index (χ3n) is 1.28. The van der Waals surface area contributed by atoms with Crippen LogP contribution in [0.4, 0.5) is 0 Å². The van der Waals surface area contributed by atoms with Crippen molar-refractivity contribution in [3.8, 4) is 0 Å². The van der Waals surface area contributed by atoms with Gasteiger partial charge in [-0.1, -0.05) is 0 Å². The third kappa shape index (κ3) is 1.74. The lowest BCUT2D eigenvalue weighted by Crippen LogP contribution is -2.05. The number of aromatic nitrogens is 4. The molecule has 1 N–H and O–H groups in total. The average molecular weight is 156 g/mol. The molecule has 1 aromatic rings. The monoisotopic (exact) mass is 156 g/mol. The SMILES string of the molecule is CC(O)c1nnn(C(C)C)n1. The molecule has 0 saturated heterocycles. The smallest absolute Gasteiger partial charge is 0.202 e. The molecular formula is C6H12N4O. The fourth-order valence-electron chi connectivity index (χ4n) is 0.622. The highest BCUT2D eigenvalue weighted by molar-refractivity contribution is 4.80. The van der Waals surface area contributed by atoms with Gasteiger partial charge in [0.05, 0.1) is 6.04 Å². The minimum Gasteiger partial charge on any atom is -0.385 e. The molecular weight excluding hydrogens is 144 g/mol. The Kier molecular flexibility index (Phi) is 2.19. The normalized spacial score (nSPS) is 13.9. The summed E-state index contributed by atoms with van der Waals surface area (Å²) in [6.07, 6.45) is -0.637. The van der Waals surface area contributed by atoms with Crippen molar-refractivity contribution in [2.75, 3.05) is 0 Å². The van der Waals surface area contributed by atoms with Gasteiger partial charge in [0.1, 0.15) is 6.10 Å². The van der Waals surface area contributed by atoms with E-state index in [1.165, 1.54) is 4.80 Å². The van der Waals surface area contributed by atoms with E-state index >= 15 is 0 Å². The zero-order chi connectivity index (χ0) is 8.43. The Morgan fingerprint density at radius 2 is 2.00 bits per heavy atom. The van der Waals surface area contributed by atoms with Gasteiger partial charge in [-0.15, -0.1) is 10.2 Å². The van der Waals surface area contributed by atoms with E-state index in [0.717, 1.165) is 0 Å². The van der Waals surface area contributed by atoms with Crippen molar-refractivity contribution in [1.82, 2.24) is 20.2 Å². The quantitative estimate of drug-likeness (QED) is 0.669. The lowest BCUT2D eigenvalue weighted by Gasteiger charge is -1.99. The maximum atomic E-state index is 9.04. The summed E-state index contributed by atoms with van der Waals surface area (Å²) in [6, 6.07) is 0.190. The Morgan fingerprint density at radius 1 is 1.36 bits per heavy atom. The summed E-state index contributed by atoms with van der Waals surface area (Å²) in [5, 5.41) is 20.4. The van der Waals surface area contributed by atoms with Gasteiger partial charge in [0.2, 0.25) is 5.82 Å². The van der Waals surface area contributed by atoms with E-state index in [1.807, 2.05) is 13.8 Å². The molecule has 0 amide bonds. The molecule has 62 valence electrons. The largest absolute Gasteiger partial charge is 0.385 e. The Labute approximate surface area is 65.0 Å². The van der Waals surface area contributed by atoms with Crippen LogP contribution in [-0.4, -0.2) is 25.3 Å². The van der Waals surface area contributed by atoms with E-state index in [4.69, 9.17) is 5.11 Å². The molecule has 0 bridgehead atoms. The summed E-state index contributed by atoms with van der Waals surface area (Å²) in [7, 11) is 0. The molecule has 0 spiro atoms. The van der Waals surface area contributed by atoms with Crippen LogP contribution in [0.2, 0.25) is 0 Å². The van der Waals surface area contributed by atoms with E-state index in [9.17, 15) is 0 Å². The fourth-order valence-corrected chi connectivity index (χ4v) is 0.622. The van der Waals surface area contributed by atoms with Crippen LogP contribution in [0.25, 0.3) is 0 Å². The number of aliphatic hydroxyl groups excluding tert-OH is 1. The topological polar surface area (TPSA) is 63.8 Å². The van der Waals surface area contributed by atoms with E-state index in [2.05, 4.69) is 15.4 Å². The van der Waals surface area contributed by atoms with Gasteiger partial charge in [0.15, 0.2) is 0 Å². The molecule has 0 aliphatic carbocycles. The molecule has 0 aliphatic heterocycles. The van der Waals surface area contributed by atoms with E-state index in [-0.39, 0.29) is 6.04 Å². The number of nitrogens with zero attached hydrogens (tertiary/aromatic N) is 4. The lowest BCUT2D eigenvalue weighted by molar-refractivity contribution is 0.188. The van der Waals surface area contributed by atoms with Gasteiger partial charge in [-0.3, -0.25) is 0 Å². The molecule has 5 heteroatoms. The Morgan fingerprint density at radius 3 is 2.27 bits per heavy atom. The number of tetrazole rings is 1. The second kappa shape index (κ2) is 2.96. The molecule has 1 heterocycles. The molecule has 11 heavy (non-hydrogen) atoms. The van der Waals surface area contributed by atoms with Crippen LogP contribution in [0.1, 0.15) is 38.7 Å². The van der Waals surface area contributed by atoms with Gasteiger partial charge in [0, 0.05) is 0 Å². The highest BCUT2D eigenvalue weighted by Gasteiger charge is 2.09. The average Bonchev–Trinajstić information content (AvgIpc) is 2.33. The first-order valence-electron chi connectivity index (χ1n) is 3.58. The van der Waals surface area contributed by atoms with Crippen molar-refractivity contribution in [2.24, 2.45) is 0 Å². The highest BCUT2D eigenvalue weighted by Crippen LogP contribution is 2.04. The van der Waals surface area contributed by atoms with Gasteiger partial charge in [-0.05, 0) is 26.0 Å². The van der Waals surface area contributed by atoms with Crippen molar-refractivity contribution in [3.05, 3.63) is 5.82 Å². The second-order valence-corrected chi connectivity index (χ2v) is 2.74. The zero-order valence-corrected chi connectivity index (χ0v) is 6.89. The summed E-state index contributed by atoms with van der Waals surface area (Å²) < 4.78 is 0. The van der Waals surface area contributed by atoms with Gasteiger partial charge >= 0.3 is 0 Å². The molecule has 0 aliphatic rings. The van der Waals surface area contributed by atoms with E-state index in [0.29, 0.717) is 5.82 Å². The molecule has 0 fully saturated rings. The zero-order valence-electron chi connectivity index (χ0n) is 6.89. The first-order valence-corrected chi connectivity index (χ1v) is 3.58. The standard InChI is InChI=1S/C6H12N4O/c1-4(2)10-8-6(5(3)11)7-9-10/h4-5,11H,1-3H3. The minimum absolute atomic E-state index is 0.190. The van der Waals surface area contributed by atoms with Gasteiger partial charge in [-0.2, -0.15) is 4.80 Å². The first kappa shape index (κ1) is 8.13. The number of hydrogen-bond donors (Lipinski definition) is 1. The molecule has 1 unspecified atom stereocenters.